The van der Waals surface area contributed by atoms with Gasteiger partial charge in [0.2, 0.25) is 0 Å². The van der Waals surface area contributed by atoms with Gasteiger partial charge in [0.25, 0.3) is 11.7 Å². The van der Waals surface area contributed by atoms with E-state index in [0.717, 1.165) is 11.4 Å². The zero-order valence-corrected chi connectivity index (χ0v) is 15.2. The summed E-state index contributed by atoms with van der Waals surface area (Å²) in [6, 6.07) is 5.83. The number of hydrogen-bond acceptors (Lipinski definition) is 7. The van der Waals surface area contributed by atoms with Gasteiger partial charge in [0.1, 0.15) is 12.4 Å². The predicted molar refractivity (Wildman–Crippen MR) is 92.8 cm³/mol. The largest absolute Gasteiger partial charge is 0.586 e. The van der Waals surface area contributed by atoms with Gasteiger partial charge in [-0.3, -0.25) is 4.79 Å². The van der Waals surface area contributed by atoms with E-state index in [1.54, 1.807) is 9.42 Å². The molecule has 9 nitrogen and oxygen atoms in total. The van der Waals surface area contributed by atoms with E-state index < -0.39 is 12.4 Å². The van der Waals surface area contributed by atoms with Gasteiger partial charge >= 0.3 is 6.29 Å². The molecule has 29 heavy (non-hydrogen) atoms. The Kier molecular flexibility index (Phi) is 3.88. The topological polar surface area (TPSA) is 91.1 Å². The van der Waals surface area contributed by atoms with Crippen molar-refractivity contribution in [1.29, 1.82) is 0 Å². The molecule has 1 atom stereocenters. The first-order chi connectivity index (χ1) is 13.9. The van der Waals surface area contributed by atoms with Crippen molar-refractivity contribution in [2.24, 2.45) is 0 Å². The fourth-order valence-electron chi connectivity index (χ4n) is 3.47. The number of rotatable bonds is 2. The quantitative estimate of drug-likeness (QED) is 0.646. The fraction of sp³-hybridized carbons (Fsp3) is 0.333. The van der Waals surface area contributed by atoms with E-state index in [1.165, 1.54) is 24.5 Å². The van der Waals surface area contributed by atoms with Crippen LogP contribution in [0.15, 0.2) is 30.6 Å². The maximum atomic E-state index is 13.2. The molecule has 11 heteroatoms. The molecule has 2 aliphatic rings. The number of aromatic nitrogens is 4. The van der Waals surface area contributed by atoms with E-state index >= 15 is 0 Å². The van der Waals surface area contributed by atoms with Gasteiger partial charge in [-0.2, -0.15) is 14.6 Å². The second-order valence-electron chi connectivity index (χ2n) is 6.73. The first kappa shape index (κ1) is 17.7. The summed E-state index contributed by atoms with van der Waals surface area (Å²) in [7, 11) is 0. The predicted octanol–water partition coefficient (Wildman–Crippen LogP) is 1.97. The molecule has 0 aliphatic carbocycles. The van der Waals surface area contributed by atoms with Gasteiger partial charge in [-0.15, -0.1) is 8.78 Å². The SMILES string of the molecule is Cc1cc(C2CN(C(=O)c3ccc4c(c3)OC(F)(F)O4)CCO2)n2ncnc2n1. The molecule has 1 unspecified atom stereocenters. The molecule has 0 spiro atoms. The molecule has 3 aromatic rings. The number of fused-ring (bicyclic) bond motifs is 2. The van der Waals surface area contributed by atoms with Crippen LogP contribution in [-0.4, -0.2) is 56.4 Å². The van der Waals surface area contributed by atoms with Crippen molar-refractivity contribution in [2.75, 3.05) is 19.7 Å². The second kappa shape index (κ2) is 6.34. The molecule has 0 saturated carbocycles. The number of hydrogen-bond donors (Lipinski definition) is 0. The first-order valence-corrected chi connectivity index (χ1v) is 8.88. The Labute approximate surface area is 162 Å². The van der Waals surface area contributed by atoms with Gasteiger partial charge in [0.05, 0.1) is 18.8 Å². The average Bonchev–Trinajstić information content (AvgIpc) is 3.28. The van der Waals surface area contributed by atoms with Gasteiger partial charge in [0.15, 0.2) is 11.5 Å². The number of amides is 1. The zero-order valence-electron chi connectivity index (χ0n) is 15.2. The molecule has 1 fully saturated rings. The lowest BCUT2D eigenvalue weighted by molar-refractivity contribution is -0.286. The third-order valence-electron chi connectivity index (χ3n) is 4.74. The number of carbonyl (C=O) groups excluding carboxylic acids is 1. The van der Waals surface area contributed by atoms with Gasteiger partial charge in [-0.25, -0.2) is 4.98 Å². The molecule has 2 aromatic heterocycles. The van der Waals surface area contributed by atoms with Crippen LogP contribution in [0.25, 0.3) is 5.78 Å². The standard InChI is InChI=1S/C18H15F2N5O4/c1-10-6-12(25-17(23-10)21-9-22-25)15-8-24(4-5-27-15)16(26)11-2-3-13-14(7-11)29-18(19,20)28-13/h2-3,6-7,9,15H,4-5,8H2,1H3. The third kappa shape index (κ3) is 3.12. The van der Waals surface area contributed by atoms with Crippen molar-refractivity contribution in [2.45, 2.75) is 19.3 Å². The maximum Gasteiger partial charge on any atom is 0.586 e. The maximum absolute atomic E-state index is 13.2. The summed E-state index contributed by atoms with van der Waals surface area (Å²) in [5.41, 5.74) is 1.71. The Balaban J connectivity index is 1.40. The van der Waals surface area contributed by atoms with Crippen LogP contribution in [0, 0.1) is 6.92 Å². The number of ether oxygens (including phenoxy) is 3. The van der Waals surface area contributed by atoms with E-state index in [2.05, 4.69) is 24.5 Å². The number of benzene rings is 1. The Morgan fingerprint density at radius 2 is 2.07 bits per heavy atom. The summed E-state index contributed by atoms with van der Waals surface area (Å²) in [6.45, 7) is 2.79. The number of morpholine rings is 1. The number of alkyl halides is 2. The summed E-state index contributed by atoms with van der Waals surface area (Å²) in [4.78, 5) is 23.0. The van der Waals surface area contributed by atoms with E-state index in [0.29, 0.717) is 18.9 Å². The molecule has 0 N–H and O–H groups in total. The van der Waals surface area contributed by atoms with Gasteiger partial charge in [-0.1, -0.05) is 0 Å². The van der Waals surface area contributed by atoms with E-state index in [4.69, 9.17) is 4.74 Å². The number of nitrogens with zero attached hydrogens (tertiary/aromatic N) is 5. The molecule has 4 heterocycles. The lowest BCUT2D eigenvalue weighted by atomic mass is 10.1. The van der Waals surface area contributed by atoms with Crippen LogP contribution in [0.2, 0.25) is 0 Å². The molecule has 0 bridgehead atoms. The molecule has 150 valence electrons. The molecule has 2 aliphatic heterocycles. The third-order valence-corrected chi connectivity index (χ3v) is 4.74. The van der Waals surface area contributed by atoms with Crippen LogP contribution < -0.4 is 9.47 Å². The molecular weight excluding hydrogens is 388 g/mol. The van der Waals surface area contributed by atoms with Crippen molar-refractivity contribution < 1.29 is 27.8 Å². The summed E-state index contributed by atoms with van der Waals surface area (Å²) < 4.78 is 42.7. The fourth-order valence-corrected chi connectivity index (χ4v) is 3.47. The Morgan fingerprint density at radius 3 is 2.93 bits per heavy atom. The van der Waals surface area contributed by atoms with E-state index in [1.807, 2.05) is 13.0 Å². The minimum atomic E-state index is -3.73. The Bertz CT molecular complexity index is 1120. The molecule has 0 radical (unpaired) electrons. The zero-order chi connectivity index (χ0) is 20.2. The summed E-state index contributed by atoms with van der Waals surface area (Å²) >= 11 is 0. The summed E-state index contributed by atoms with van der Waals surface area (Å²) in [5, 5.41) is 4.17. The first-order valence-electron chi connectivity index (χ1n) is 8.88. The van der Waals surface area contributed by atoms with Gasteiger partial charge < -0.3 is 19.1 Å². The Hall–Kier alpha value is -3.34. The lowest BCUT2D eigenvalue weighted by Crippen LogP contribution is -2.42. The van der Waals surface area contributed by atoms with Crippen molar-refractivity contribution in [3.05, 3.63) is 47.5 Å². The van der Waals surface area contributed by atoms with Crippen LogP contribution in [0.1, 0.15) is 27.8 Å². The average molecular weight is 403 g/mol. The van der Waals surface area contributed by atoms with Crippen molar-refractivity contribution in [3.8, 4) is 11.5 Å². The smallest absolute Gasteiger partial charge is 0.395 e. The molecular formula is C18H15F2N5O4. The van der Waals surface area contributed by atoms with Crippen molar-refractivity contribution >= 4 is 11.7 Å². The van der Waals surface area contributed by atoms with Crippen LogP contribution in [-0.2, 0) is 4.74 Å². The number of halogens is 2. The highest BCUT2D eigenvalue weighted by atomic mass is 19.3. The summed E-state index contributed by atoms with van der Waals surface area (Å²) in [6.07, 6.45) is -2.76. The number of aryl methyl sites for hydroxylation is 1. The Morgan fingerprint density at radius 1 is 1.24 bits per heavy atom. The highest BCUT2D eigenvalue weighted by Crippen LogP contribution is 2.41. The van der Waals surface area contributed by atoms with Gasteiger partial charge in [-0.05, 0) is 31.2 Å². The minimum absolute atomic E-state index is 0.104. The van der Waals surface area contributed by atoms with Gasteiger partial charge in [0, 0.05) is 17.8 Å². The minimum Gasteiger partial charge on any atom is -0.395 e. The van der Waals surface area contributed by atoms with Crippen LogP contribution in [0.4, 0.5) is 8.78 Å². The van der Waals surface area contributed by atoms with E-state index in [-0.39, 0.29) is 29.5 Å². The molecule has 5 rings (SSSR count). The van der Waals surface area contributed by atoms with E-state index in [9.17, 15) is 13.6 Å². The normalized spacial score (nSPS) is 20.2. The highest BCUT2D eigenvalue weighted by Gasteiger charge is 2.43. The van der Waals surface area contributed by atoms with Crippen molar-refractivity contribution in [1.82, 2.24) is 24.5 Å². The monoisotopic (exact) mass is 403 g/mol. The van der Waals surface area contributed by atoms with Crippen LogP contribution in [0.3, 0.4) is 0 Å². The molecule has 1 amide bonds. The van der Waals surface area contributed by atoms with Crippen molar-refractivity contribution in [3.63, 3.8) is 0 Å². The summed E-state index contributed by atoms with van der Waals surface area (Å²) in [5.74, 6) is -0.142. The lowest BCUT2D eigenvalue weighted by Gasteiger charge is -2.33. The number of carbonyl (C=O) groups is 1. The molecule has 1 saturated heterocycles. The molecule has 1 aromatic carbocycles. The van der Waals surface area contributed by atoms with Crippen LogP contribution in [0.5, 0.6) is 11.5 Å². The highest BCUT2D eigenvalue weighted by molar-refractivity contribution is 5.95. The van der Waals surface area contributed by atoms with Crippen LogP contribution >= 0.6 is 0 Å². The second-order valence-corrected chi connectivity index (χ2v) is 6.73.